The van der Waals surface area contributed by atoms with Crippen LogP contribution in [0, 0.1) is 0 Å². The maximum Gasteiger partial charge on any atom is 0.252 e. The topological polar surface area (TPSA) is 71.5 Å². The summed E-state index contributed by atoms with van der Waals surface area (Å²) in [5.74, 6) is -0.106. The molecule has 106 valence electrons. The van der Waals surface area contributed by atoms with E-state index in [1.807, 2.05) is 24.3 Å². The fourth-order valence-corrected chi connectivity index (χ4v) is 1.93. The lowest BCUT2D eigenvalue weighted by atomic mass is 10.1. The average Bonchev–Trinajstić information content (AvgIpc) is 2.50. The molecule has 0 spiro atoms. The third kappa shape index (κ3) is 3.76. The summed E-state index contributed by atoms with van der Waals surface area (Å²) >= 11 is 0. The first-order valence-corrected chi connectivity index (χ1v) is 6.63. The lowest BCUT2D eigenvalue weighted by Gasteiger charge is -2.07. The number of nitrogens with one attached hydrogen (secondary N) is 1. The van der Waals surface area contributed by atoms with Crippen LogP contribution < -0.4 is 5.32 Å². The number of aliphatic hydroxyl groups excluding tert-OH is 1. The van der Waals surface area contributed by atoms with Crippen molar-refractivity contribution in [2.45, 2.75) is 6.42 Å². The fourth-order valence-electron chi connectivity index (χ4n) is 1.93. The molecule has 5 nitrogen and oxygen atoms in total. The van der Waals surface area contributed by atoms with Crippen molar-refractivity contribution in [3.05, 3.63) is 42.1 Å². The number of pyridine rings is 1. The molecule has 20 heavy (non-hydrogen) atoms. The van der Waals surface area contributed by atoms with E-state index in [1.165, 1.54) is 0 Å². The number of aromatic nitrogens is 1. The molecule has 1 heterocycles. The highest BCUT2D eigenvalue weighted by Gasteiger charge is 2.09. The van der Waals surface area contributed by atoms with Crippen LogP contribution in [0.5, 0.6) is 0 Å². The van der Waals surface area contributed by atoms with Crippen molar-refractivity contribution in [2.75, 3.05) is 26.4 Å². The first-order chi connectivity index (χ1) is 9.83. The monoisotopic (exact) mass is 274 g/mol. The van der Waals surface area contributed by atoms with Crippen molar-refractivity contribution in [2.24, 2.45) is 0 Å². The largest absolute Gasteiger partial charge is 0.394 e. The van der Waals surface area contributed by atoms with Gasteiger partial charge in [0, 0.05) is 24.7 Å². The van der Waals surface area contributed by atoms with Gasteiger partial charge in [-0.1, -0.05) is 18.2 Å². The third-order valence-corrected chi connectivity index (χ3v) is 2.88. The summed E-state index contributed by atoms with van der Waals surface area (Å²) in [4.78, 5) is 16.4. The van der Waals surface area contributed by atoms with Gasteiger partial charge in [-0.2, -0.15) is 0 Å². The molecule has 0 radical (unpaired) electrons. The predicted molar refractivity (Wildman–Crippen MR) is 76.6 cm³/mol. The van der Waals surface area contributed by atoms with E-state index in [9.17, 15) is 4.79 Å². The van der Waals surface area contributed by atoms with Gasteiger partial charge in [-0.25, -0.2) is 0 Å². The van der Waals surface area contributed by atoms with Crippen LogP contribution in [0.25, 0.3) is 10.9 Å². The molecule has 0 atom stereocenters. The lowest BCUT2D eigenvalue weighted by Crippen LogP contribution is -2.25. The van der Waals surface area contributed by atoms with Crippen molar-refractivity contribution in [1.82, 2.24) is 10.3 Å². The van der Waals surface area contributed by atoms with E-state index in [2.05, 4.69) is 10.3 Å². The number of hydrogen-bond acceptors (Lipinski definition) is 4. The van der Waals surface area contributed by atoms with E-state index in [-0.39, 0.29) is 12.5 Å². The number of carbonyl (C=O) groups excluding carboxylic acids is 1. The molecule has 2 rings (SSSR count). The van der Waals surface area contributed by atoms with Gasteiger partial charge >= 0.3 is 0 Å². The quantitative estimate of drug-likeness (QED) is 0.748. The van der Waals surface area contributed by atoms with Crippen LogP contribution in [-0.4, -0.2) is 42.4 Å². The highest BCUT2D eigenvalue weighted by molar-refractivity contribution is 6.05. The average molecular weight is 274 g/mol. The van der Waals surface area contributed by atoms with Gasteiger partial charge in [0.1, 0.15) is 0 Å². The molecule has 0 aliphatic rings. The van der Waals surface area contributed by atoms with E-state index >= 15 is 0 Å². The highest BCUT2D eigenvalue weighted by atomic mass is 16.5. The summed E-state index contributed by atoms with van der Waals surface area (Å²) in [5, 5.41) is 12.3. The van der Waals surface area contributed by atoms with Gasteiger partial charge in [0.15, 0.2) is 0 Å². The second kappa shape index (κ2) is 7.57. The zero-order valence-corrected chi connectivity index (χ0v) is 11.2. The van der Waals surface area contributed by atoms with Crippen molar-refractivity contribution < 1.29 is 14.6 Å². The van der Waals surface area contributed by atoms with Gasteiger partial charge in [-0.3, -0.25) is 9.78 Å². The Morgan fingerprint density at radius 3 is 2.95 bits per heavy atom. The number of para-hydroxylation sites is 1. The first kappa shape index (κ1) is 14.4. The summed E-state index contributed by atoms with van der Waals surface area (Å²) in [6.07, 6.45) is 2.36. The number of amides is 1. The molecule has 0 aliphatic heterocycles. The summed E-state index contributed by atoms with van der Waals surface area (Å²) in [6, 6.07) is 9.29. The molecule has 0 saturated heterocycles. The van der Waals surface area contributed by atoms with E-state index in [0.717, 1.165) is 17.3 Å². The number of rotatable bonds is 7. The third-order valence-electron chi connectivity index (χ3n) is 2.88. The van der Waals surface area contributed by atoms with Crippen molar-refractivity contribution in [3.63, 3.8) is 0 Å². The molecule has 0 unspecified atom stereocenters. The minimum atomic E-state index is -0.106. The second-order valence-corrected chi connectivity index (χ2v) is 4.32. The lowest BCUT2D eigenvalue weighted by molar-refractivity contribution is 0.0868. The first-order valence-electron chi connectivity index (χ1n) is 6.63. The number of carbonyl (C=O) groups is 1. The normalized spacial score (nSPS) is 10.7. The maximum absolute atomic E-state index is 12.1. The van der Waals surface area contributed by atoms with Gasteiger partial charge in [0.2, 0.25) is 0 Å². The van der Waals surface area contributed by atoms with E-state index in [0.29, 0.717) is 25.3 Å². The Morgan fingerprint density at radius 1 is 1.25 bits per heavy atom. The second-order valence-electron chi connectivity index (χ2n) is 4.32. The van der Waals surface area contributed by atoms with Crippen LogP contribution in [-0.2, 0) is 4.74 Å². The Labute approximate surface area is 117 Å². The Balaban J connectivity index is 1.91. The van der Waals surface area contributed by atoms with Crippen molar-refractivity contribution in [1.29, 1.82) is 0 Å². The van der Waals surface area contributed by atoms with Gasteiger partial charge in [0.25, 0.3) is 5.91 Å². The van der Waals surface area contributed by atoms with Crippen molar-refractivity contribution >= 4 is 16.8 Å². The molecular formula is C15H18N2O3. The van der Waals surface area contributed by atoms with Crippen LogP contribution in [0.3, 0.4) is 0 Å². The molecule has 5 heteroatoms. The predicted octanol–water partition coefficient (Wildman–Crippen LogP) is 1.36. The van der Waals surface area contributed by atoms with Crippen LogP contribution in [0.4, 0.5) is 0 Å². The summed E-state index contributed by atoms with van der Waals surface area (Å²) in [6.45, 7) is 1.43. The zero-order chi connectivity index (χ0) is 14.2. The summed E-state index contributed by atoms with van der Waals surface area (Å²) < 4.78 is 5.13. The SMILES string of the molecule is O=C(NCCCOCCO)c1ccnc2ccccc12. The van der Waals surface area contributed by atoms with E-state index in [1.54, 1.807) is 12.3 Å². The molecule has 1 aromatic carbocycles. The zero-order valence-electron chi connectivity index (χ0n) is 11.2. The Bertz CT molecular complexity index is 567. The van der Waals surface area contributed by atoms with E-state index in [4.69, 9.17) is 9.84 Å². The Morgan fingerprint density at radius 2 is 2.10 bits per heavy atom. The molecule has 1 aromatic heterocycles. The van der Waals surface area contributed by atoms with E-state index < -0.39 is 0 Å². The van der Waals surface area contributed by atoms with Crippen LogP contribution in [0.15, 0.2) is 36.5 Å². The number of hydrogen-bond donors (Lipinski definition) is 2. The number of nitrogens with zero attached hydrogens (tertiary/aromatic N) is 1. The minimum absolute atomic E-state index is 0.0232. The highest BCUT2D eigenvalue weighted by Crippen LogP contribution is 2.15. The number of fused-ring (bicyclic) bond motifs is 1. The molecule has 0 fully saturated rings. The fraction of sp³-hybridized carbons (Fsp3) is 0.333. The summed E-state index contributed by atoms with van der Waals surface area (Å²) in [7, 11) is 0. The number of benzene rings is 1. The molecule has 0 saturated carbocycles. The van der Waals surface area contributed by atoms with Gasteiger partial charge in [-0.15, -0.1) is 0 Å². The van der Waals surface area contributed by atoms with Crippen LogP contribution in [0.2, 0.25) is 0 Å². The smallest absolute Gasteiger partial charge is 0.252 e. The molecular weight excluding hydrogens is 256 g/mol. The van der Waals surface area contributed by atoms with Crippen LogP contribution >= 0.6 is 0 Å². The number of ether oxygens (including phenoxy) is 1. The molecule has 2 aromatic rings. The maximum atomic E-state index is 12.1. The standard InChI is InChI=1S/C15H18N2O3/c18-9-11-20-10-3-7-17-15(19)13-6-8-16-14-5-2-1-4-12(13)14/h1-2,4-6,8,18H,3,7,9-11H2,(H,17,19). The van der Waals surface area contributed by atoms with Gasteiger partial charge in [-0.05, 0) is 18.6 Å². The van der Waals surface area contributed by atoms with Crippen molar-refractivity contribution in [3.8, 4) is 0 Å². The van der Waals surface area contributed by atoms with Gasteiger partial charge in [0.05, 0.1) is 24.3 Å². The minimum Gasteiger partial charge on any atom is -0.394 e. The molecule has 0 aliphatic carbocycles. The molecule has 1 amide bonds. The Hall–Kier alpha value is -1.98. The van der Waals surface area contributed by atoms with Crippen LogP contribution in [0.1, 0.15) is 16.8 Å². The summed E-state index contributed by atoms with van der Waals surface area (Å²) in [5.41, 5.74) is 1.44. The van der Waals surface area contributed by atoms with Gasteiger partial charge < -0.3 is 15.2 Å². The molecule has 2 N–H and O–H groups in total. The number of aliphatic hydroxyl groups is 1. The molecule has 0 bridgehead atoms. The Kier molecular flexibility index (Phi) is 5.46.